The second kappa shape index (κ2) is 7.51. The second-order valence-electron chi connectivity index (χ2n) is 8.39. The summed E-state index contributed by atoms with van der Waals surface area (Å²) < 4.78 is 0. The summed E-state index contributed by atoms with van der Waals surface area (Å²) in [4.78, 5) is 65.5. The quantitative estimate of drug-likeness (QED) is 0.431. The van der Waals surface area contributed by atoms with Gasteiger partial charge in [0.2, 0.25) is 5.91 Å². The number of imide groups is 1. The van der Waals surface area contributed by atoms with E-state index in [4.69, 9.17) is 0 Å². The smallest absolute Gasteiger partial charge is 0.326 e. The molecule has 2 aromatic carbocycles. The number of benzene rings is 2. The molecule has 168 valence electrons. The maximum absolute atomic E-state index is 13.8. The minimum absolute atomic E-state index is 0.146. The first-order valence-corrected chi connectivity index (χ1v) is 10.6. The third-order valence-electron chi connectivity index (χ3n) is 6.73. The minimum atomic E-state index is -1.39. The van der Waals surface area contributed by atoms with Gasteiger partial charge in [-0.25, -0.2) is 4.79 Å². The van der Waals surface area contributed by atoms with Gasteiger partial charge in [0.15, 0.2) is 0 Å². The number of hydrogen-bond donors (Lipinski definition) is 1. The lowest BCUT2D eigenvalue weighted by Crippen LogP contribution is -2.56. The Morgan fingerprint density at radius 1 is 0.970 bits per heavy atom. The van der Waals surface area contributed by atoms with E-state index in [-0.39, 0.29) is 35.2 Å². The SMILES string of the molecule is O=C(O)[C@@H]1CCC[C@@H]2c3cccc([N+](=O)[O-])c3C[C@H](N3C(=O)c4ccccc4C3=O)C(=O)N21. The summed E-state index contributed by atoms with van der Waals surface area (Å²) in [5, 5.41) is 21.6. The highest BCUT2D eigenvalue weighted by atomic mass is 16.6. The van der Waals surface area contributed by atoms with Crippen LogP contribution in [-0.4, -0.2) is 55.6 Å². The van der Waals surface area contributed by atoms with E-state index in [1.54, 1.807) is 18.2 Å². The monoisotopic (exact) mass is 449 g/mol. The molecule has 5 rings (SSSR count). The van der Waals surface area contributed by atoms with Gasteiger partial charge in [-0.1, -0.05) is 24.3 Å². The Bertz CT molecular complexity index is 1210. The van der Waals surface area contributed by atoms with Crippen LogP contribution in [0.3, 0.4) is 0 Å². The number of nitro groups is 1. The third-order valence-corrected chi connectivity index (χ3v) is 6.73. The first-order chi connectivity index (χ1) is 15.8. The van der Waals surface area contributed by atoms with Crippen molar-refractivity contribution in [3.8, 4) is 0 Å². The van der Waals surface area contributed by atoms with Crippen LogP contribution >= 0.6 is 0 Å². The number of carbonyl (C=O) groups excluding carboxylic acids is 3. The van der Waals surface area contributed by atoms with Crippen LogP contribution in [-0.2, 0) is 16.0 Å². The van der Waals surface area contributed by atoms with Crippen LogP contribution in [0.1, 0.15) is 57.1 Å². The van der Waals surface area contributed by atoms with E-state index in [1.807, 2.05) is 0 Å². The number of piperidine rings is 1. The molecule has 0 unspecified atom stereocenters. The average molecular weight is 449 g/mol. The van der Waals surface area contributed by atoms with Gasteiger partial charge >= 0.3 is 5.97 Å². The fourth-order valence-electron chi connectivity index (χ4n) is 5.30. The zero-order chi connectivity index (χ0) is 23.4. The average Bonchev–Trinajstić information content (AvgIpc) is 2.98. The van der Waals surface area contributed by atoms with Gasteiger partial charge in [-0.15, -0.1) is 0 Å². The van der Waals surface area contributed by atoms with Crippen molar-refractivity contribution in [2.45, 2.75) is 43.8 Å². The van der Waals surface area contributed by atoms with E-state index in [9.17, 15) is 34.4 Å². The predicted octanol–water partition coefficient (Wildman–Crippen LogP) is 2.32. The molecule has 3 amide bonds. The first kappa shape index (κ1) is 20.8. The molecule has 0 aromatic heterocycles. The van der Waals surface area contributed by atoms with Crippen molar-refractivity contribution in [3.05, 3.63) is 74.8 Å². The van der Waals surface area contributed by atoms with Gasteiger partial charge < -0.3 is 10.0 Å². The van der Waals surface area contributed by atoms with Gasteiger partial charge in [0.05, 0.1) is 22.1 Å². The number of hydrogen-bond acceptors (Lipinski definition) is 6. The summed E-state index contributed by atoms with van der Waals surface area (Å²) in [5.74, 6) is -3.22. The Morgan fingerprint density at radius 2 is 1.64 bits per heavy atom. The van der Waals surface area contributed by atoms with Crippen molar-refractivity contribution < 1.29 is 29.2 Å². The van der Waals surface area contributed by atoms with Gasteiger partial charge in [0, 0.05) is 18.1 Å². The van der Waals surface area contributed by atoms with Crippen LogP contribution in [0, 0.1) is 10.1 Å². The van der Waals surface area contributed by atoms with Gasteiger partial charge in [0.25, 0.3) is 17.5 Å². The lowest BCUT2D eigenvalue weighted by atomic mass is 9.88. The van der Waals surface area contributed by atoms with E-state index in [0.717, 1.165) is 4.90 Å². The molecule has 0 saturated carbocycles. The van der Waals surface area contributed by atoms with Crippen molar-refractivity contribution in [1.29, 1.82) is 0 Å². The Labute approximate surface area is 187 Å². The molecule has 3 aliphatic heterocycles. The van der Waals surface area contributed by atoms with Crippen molar-refractivity contribution >= 4 is 29.4 Å². The summed E-state index contributed by atoms with van der Waals surface area (Å²) >= 11 is 0. The van der Waals surface area contributed by atoms with E-state index in [2.05, 4.69) is 0 Å². The Kier molecular flexibility index (Phi) is 4.73. The van der Waals surface area contributed by atoms with Crippen LogP contribution in [0.4, 0.5) is 5.69 Å². The van der Waals surface area contributed by atoms with Crippen LogP contribution in [0.2, 0.25) is 0 Å². The fourth-order valence-corrected chi connectivity index (χ4v) is 5.30. The standard InChI is InChI=1S/C23H19N3O7/c27-20-13-5-1-2-6-14(13)21(28)25(20)19-11-15-12(7-3-9-17(15)26(32)33)16-8-4-10-18(23(30)31)24(16)22(19)29/h1-3,5-7,9,16,18-19H,4,8,10-11H2,(H,30,31)/t16-,18+,19+/m1/s1. The van der Waals surface area contributed by atoms with Crippen molar-refractivity contribution in [3.63, 3.8) is 0 Å². The molecule has 3 aliphatic rings. The number of carboxylic acid groups (broad SMARTS) is 1. The summed E-state index contributed by atoms with van der Waals surface area (Å²) in [6.45, 7) is 0. The molecule has 2 aromatic rings. The molecule has 3 atom stereocenters. The molecule has 0 spiro atoms. The molecule has 1 saturated heterocycles. The maximum atomic E-state index is 13.8. The highest BCUT2D eigenvalue weighted by molar-refractivity contribution is 6.23. The number of amides is 3. The Balaban J connectivity index is 1.70. The van der Waals surface area contributed by atoms with E-state index in [0.29, 0.717) is 18.4 Å². The number of carboxylic acids is 1. The molecule has 0 bridgehead atoms. The minimum Gasteiger partial charge on any atom is -0.480 e. The third kappa shape index (κ3) is 3.01. The number of aliphatic carboxylic acids is 1. The lowest BCUT2D eigenvalue weighted by Gasteiger charge is -2.41. The van der Waals surface area contributed by atoms with Gasteiger partial charge in [-0.2, -0.15) is 0 Å². The van der Waals surface area contributed by atoms with Crippen LogP contribution in [0.5, 0.6) is 0 Å². The second-order valence-corrected chi connectivity index (χ2v) is 8.39. The number of carbonyl (C=O) groups is 4. The highest BCUT2D eigenvalue weighted by Crippen LogP contribution is 2.43. The first-order valence-electron chi connectivity index (χ1n) is 10.6. The molecule has 33 heavy (non-hydrogen) atoms. The molecular weight excluding hydrogens is 430 g/mol. The van der Waals surface area contributed by atoms with E-state index in [1.165, 1.54) is 29.2 Å². The van der Waals surface area contributed by atoms with Crippen molar-refractivity contribution in [1.82, 2.24) is 9.80 Å². The van der Waals surface area contributed by atoms with Gasteiger partial charge in [-0.3, -0.25) is 29.4 Å². The molecule has 3 heterocycles. The molecule has 1 fully saturated rings. The summed E-state index contributed by atoms with van der Waals surface area (Å²) in [7, 11) is 0. The Hall–Kier alpha value is -4.08. The van der Waals surface area contributed by atoms with Crippen LogP contribution in [0.15, 0.2) is 42.5 Å². The molecule has 0 aliphatic carbocycles. The van der Waals surface area contributed by atoms with Crippen LogP contribution < -0.4 is 0 Å². The summed E-state index contributed by atoms with van der Waals surface area (Å²) in [6.07, 6.45) is 0.913. The predicted molar refractivity (Wildman–Crippen MR) is 112 cm³/mol. The normalized spacial score (nSPS) is 24.1. The number of nitrogens with zero attached hydrogens (tertiary/aromatic N) is 3. The molecule has 10 heteroatoms. The topological polar surface area (TPSA) is 138 Å². The number of fused-ring (bicyclic) bond motifs is 4. The number of nitro benzene ring substituents is 1. The molecule has 1 N–H and O–H groups in total. The van der Waals surface area contributed by atoms with Crippen molar-refractivity contribution in [2.75, 3.05) is 0 Å². The largest absolute Gasteiger partial charge is 0.480 e. The van der Waals surface area contributed by atoms with Gasteiger partial charge in [0.1, 0.15) is 12.1 Å². The zero-order valence-corrected chi connectivity index (χ0v) is 17.3. The van der Waals surface area contributed by atoms with Crippen molar-refractivity contribution in [2.24, 2.45) is 0 Å². The number of rotatable bonds is 3. The fraction of sp³-hybridized carbons (Fsp3) is 0.304. The molecule has 0 radical (unpaired) electrons. The van der Waals surface area contributed by atoms with E-state index < -0.39 is 46.7 Å². The summed E-state index contributed by atoms with van der Waals surface area (Å²) in [5.41, 5.74) is 0.805. The van der Waals surface area contributed by atoms with Crippen LogP contribution in [0.25, 0.3) is 0 Å². The highest BCUT2D eigenvalue weighted by Gasteiger charge is 2.51. The van der Waals surface area contributed by atoms with Gasteiger partial charge in [-0.05, 0) is 37.0 Å². The zero-order valence-electron chi connectivity index (χ0n) is 17.3. The molecular formula is C23H19N3O7. The summed E-state index contributed by atoms with van der Waals surface area (Å²) in [6, 6.07) is 7.41. The Morgan fingerprint density at radius 3 is 2.24 bits per heavy atom. The lowest BCUT2D eigenvalue weighted by molar-refractivity contribution is -0.385. The maximum Gasteiger partial charge on any atom is 0.326 e. The molecule has 10 nitrogen and oxygen atoms in total. The van der Waals surface area contributed by atoms with E-state index >= 15 is 0 Å².